The Bertz CT molecular complexity index is 1300. The van der Waals surface area contributed by atoms with Crippen molar-refractivity contribution < 1.29 is 9.21 Å². The highest BCUT2D eigenvalue weighted by atomic mass is 16.3. The molecule has 1 fully saturated rings. The molecule has 0 radical (unpaired) electrons. The molecule has 1 amide bonds. The van der Waals surface area contributed by atoms with E-state index in [2.05, 4.69) is 20.2 Å². The number of rotatable bonds is 4. The summed E-state index contributed by atoms with van der Waals surface area (Å²) < 4.78 is 7.94. The van der Waals surface area contributed by atoms with E-state index in [4.69, 9.17) is 10.2 Å². The van der Waals surface area contributed by atoms with Gasteiger partial charge in [-0.2, -0.15) is 5.10 Å². The number of carbonyl (C=O) groups is 1. The molecule has 4 aromatic heterocycles. The molecule has 0 aliphatic carbocycles. The molecule has 4 aromatic rings. The van der Waals surface area contributed by atoms with E-state index < -0.39 is 0 Å². The third-order valence-electron chi connectivity index (χ3n) is 5.91. The van der Waals surface area contributed by atoms with Crippen molar-refractivity contribution in [1.82, 2.24) is 24.6 Å². The number of anilines is 1. The molecule has 2 N–H and O–H groups in total. The van der Waals surface area contributed by atoms with Crippen molar-refractivity contribution >= 4 is 28.5 Å². The summed E-state index contributed by atoms with van der Waals surface area (Å²) in [4.78, 5) is 32.4. The van der Waals surface area contributed by atoms with Crippen LogP contribution in [0.4, 0.5) is 11.6 Å². The van der Waals surface area contributed by atoms with E-state index in [-0.39, 0.29) is 23.6 Å². The summed E-state index contributed by atoms with van der Waals surface area (Å²) in [6.07, 6.45) is 8.79. The normalized spacial score (nSPS) is 14.7. The van der Waals surface area contributed by atoms with Gasteiger partial charge in [-0.3, -0.25) is 9.48 Å². The number of nitrogen functional groups attached to an aromatic ring is 1. The SMILES string of the molecule is CC(=O)N1CCC(n2cc(-c3cnc(N)c4oc(-c5ccc(N=O)nc5)cc34)cn2)CC1. The Kier molecular flexibility index (Phi) is 4.89. The van der Waals surface area contributed by atoms with Gasteiger partial charge in [0.25, 0.3) is 0 Å². The molecule has 1 aliphatic heterocycles. The molecule has 0 unspecified atom stereocenters. The zero-order valence-electron chi connectivity index (χ0n) is 17.4. The lowest BCUT2D eigenvalue weighted by Gasteiger charge is -2.31. The van der Waals surface area contributed by atoms with Crippen LogP contribution >= 0.6 is 0 Å². The third kappa shape index (κ3) is 3.49. The van der Waals surface area contributed by atoms with Crippen molar-refractivity contribution in [3.8, 4) is 22.5 Å². The largest absolute Gasteiger partial charge is 0.452 e. The minimum atomic E-state index is 0.105. The number of likely N-dealkylation sites (tertiary alicyclic amines) is 1. The van der Waals surface area contributed by atoms with Crippen molar-refractivity contribution in [3.05, 3.63) is 47.9 Å². The van der Waals surface area contributed by atoms with Crippen LogP contribution in [0.2, 0.25) is 0 Å². The number of amides is 1. The number of aromatic nitrogens is 4. The van der Waals surface area contributed by atoms with Crippen LogP contribution in [0.3, 0.4) is 0 Å². The predicted octanol–water partition coefficient (Wildman–Crippen LogP) is 3.92. The van der Waals surface area contributed by atoms with Gasteiger partial charge in [0, 0.05) is 60.7 Å². The van der Waals surface area contributed by atoms with E-state index in [1.807, 2.05) is 28.0 Å². The van der Waals surface area contributed by atoms with Crippen molar-refractivity contribution in [1.29, 1.82) is 0 Å². The molecule has 32 heavy (non-hydrogen) atoms. The molecule has 0 aromatic carbocycles. The van der Waals surface area contributed by atoms with Crippen LogP contribution in [-0.2, 0) is 4.79 Å². The summed E-state index contributed by atoms with van der Waals surface area (Å²) in [7, 11) is 0. The molecule has 162 valence electrons. The quantitative estimate of drug-likeness (QED) is 0.484. The minimum Gasteiger partial charge on any atom is -0.452 e. The number of carbonyl (C=O) groups excluding carboxylic acids is 1. The number of piperidine rings is 1. The first-order valence-corrected chi connectivity index (χ1v) is 10.3. The molecule has 1 aliphatic rings. The lowest BCUT2D eigenvalue weighted by molar-refractivity contribution is -0.130. The zero-order valence-corrected chi connectivity index (χ0v) is 17.4. The summed E-state index contributed by atoms with van der Waals surface area (Å²) in [5, 5.41) is 8.21. The monoisotopic (exact) mass is 431 g/mol. The van der Waals surface area contributed by atoms with Gasteiger partial charge < -0.3 is 15.1 Å². The van der Waals surface area contributed by atoms with E-state index in [1.165, 1.54) is 12.3 Å². The lowest BCUT2D eigenvalue weighted by Crippen LogP contribution is -2.37. The number of fused-ring (bicyclic) bond motifs is 1. The number of hydrogen-bond donors (Lipinski definition) is 1. The molecule has 0 bridgehead atoms. The first-order chi connectivity index (χ1) is 15.5. The van der Waals surface area contributed by atoms with E-state index in [0.717, 1.165) is 42.4 Å². The summed E-state index contributed by atoms with van der Waals surface area (Å²) in [5.41, 5.74) is 9.02. The maximum absolute atomic E-state index is 11.6. The van der Waals surface area contributed by atoms with E-state index in [1.54, 1.807) is 19.2 Å². The maximum atomic E-state index is 11.6. The van der Waals surface area contributed by atoms with Crippen LogP contribution in [0.5, 0.6) is 0 Å². The maximum Gasteiger partial charge on any atom is 0.219 e. The number of pyridine rings is 2. The molecule has 0 atom stereocenters. The van der Waals surface area contributed by atoms with Gasteiger partial charge in [0.2, 0.25) is 5.91 Å². The van der Waals surface area contributed by atoms with E-state index >= 15 is 0 Å². The van der Waals surface area contributed by atoms with Crippen LogP contribution in [0, 0.1) is 4.91 Å². The number of nitroso groups, excluding NO2 is 1. The molecular weight excluding hydrogens is 410 g/mol. The molecule has 10 heteroatoms. The summed E-state index contributed by atoms with van der Waals surface area (Å²) in [5.74, 6) is 1.07. The predicted molar refractivity (Wildman–Crippen MR) is 119 cm³/mol. The first kappa shape index (κ1) is 19.9. The Morgan fingerprint density at radius 2 is 1.97 bits per heavy atom. The molecule has 0 saturated carbocycles. The molecule has 5 rings (SSSR count). The smallest absolute Gasteiger partial charge is 0.219 e. The highest BCUT2D eigenvalue weighted by Crippen LogP contribution is 2.37. The highest BCUT2D eigenvalue weighted by molar-refractivity contribution is 6.00. The second kappa shape index (κ2) is 7.88. The first-order valence-electron chi connectivity index (χ1n) is 10.3. The Morgan fingerprint density at radius 3 is 2.66 bits per heavy atom. The van der Waals surface area contributed by atoms with Gasteiger partial charge in [-0.05, 0) is 36.2 Å². The Morgan fingerprint density at radius 1 is 1.16 bits per heavy atom. The van der Waals surface area contributed by atoms with Crippen LogP contribution in [0.1, 0.15) is 25.8 Å². The van der Waals surface area contributed by atoms with Crippen molar-refractivity contribution in [2.45, 2.75) is 25.8 Å². The fourth-order valence-electron chi connectivity index (χ4n) is 4.12. The van der Waals surface area contributed by atoms with Gasteiger partial charge in [0.1, 0.15) is 5.76 Å². The van der Waals surface area contributed by atoms with Crippen LogP contribution in [0.15, 0.2) is 52.6 Å². The zero-order chi connectivity index (χ0) is 22.2. The van der Waals surface area contributed by atoms with Crippen LogP contribution < -0.4 is 5.73 Å². The topological polar surface area (TPSA) is 132 Å². The van der Waals surface area contributed by atoms with Gasteiger partial charge in [-0.15, -0.1) is 4.91 Å². The lowest BCUT2D eigenvalue weighted by atomic mass is 10.0. The van der Waals surface area contributed by atoms with E-state index in [0.29, 0.717) is 16.9 Å². The number of nitrogens with two attached hydrogens (primary N) is 1. The van der Waals surface area contributed by atoms with Gasteiger partial charge in [0.15, 0.2) is 17.2 Å². The fraction of sp³-hybridized carbons (Fsp3) is 0.273. The molecular formula is C22H21N7O3. The molecule has 0 spiro atoms. The number of nitrogens with zero attached hydrogens (tertiary/aromatic N) is 6. The van der Waals surface area contributed by atoms with Crippen LogP contribution in [-0.4, -0.2) is 43.6 Å². The number of hydrogen-bond acceptors (Lipinski definition) is 8. The summed E-state index contributed by atoms with van der Waals surface area (Å²) in [6, 6.07) is 5.37. The van der Waals surface area contributed by atoms with Gasteiger partial charge in [-0.25, -0.2) is 9.97 Å². The summed E-state index contributed by atoms with van der Waals surface area (Å²) >= 11 is 0. The van der Waals surface area contributed by atoms with Gasteiger partial charge in [0.05, 0.1) is 12.2 Å². The average molecular weight is 431 g/mol. The van der Waals surface area contributed by atoms with Crippen molar-refractivity contribution in [2.75, 3.05) is 18.8 Å². The Hall–Kier alpha value is -4.08. The highest BCUT2D eigenvalue weighted by Gasteiger charge is 2.23. The second-order valence-corrected chi connectivity index (χ2v) is 7.85. The van der Waals surface area contributed by atoms with Crippen molar-refractivity contribution in [3.63, 3.8) is 0 Å². The minimum absolute atomic E-state index is 0.105. The standard InChI is InChI=1S/C22H21N7O3/c1-13(30)28-6-4-16(5-7-28)29-12-15(10-26-29)18-11-25-22(23)21-17(18)8-19(32-21)14-2-3-20(27-31)24-9-14/h2-3,8-12,16H,4-7H2,1H3,(H2,23,25). The second-order valence-electron chi connectivity index (χ2n) is 7.85. The van der Waals surface area contributed by atoms with Gasteiger partial charge >= 0.3 is 0 Å². The third-order valence-corrected chi connectivity index (χ3v) is 5.91. The van der Waals surface area contributed by atoms with Crippen LogP contribution in [0.25, 0.3) is 33.4 Å². The van der Waals surface area contributed by atoms with E-state index in [9.17, 15) is 9.70 Å². The average Bonchev–Trinajstić information content (AvgIpc) is 3.48. The van der Waals surface area contributed by atoms with Crippen molar-refractivity contribution in [2.24, 2.45) is 5.18 Å². The number of furan rings is 1. The molecule has 1 saturated heterocycles. The Labute approximate surface area is 183 Å². The molecule has 10 nitrogen and oxygen atoms in total. The fourth-order valence-corrected chi connectivity index (χ4v) is 4.12. The Balaban J connectivity index is 1.47. The summed E-state index contributed by atoms with van der Waals surface area (Å²) in [6.45, 7) is 3.08. The molecule has 5 heterocycles. The van der Waals surface area contributed by atoms with Gasteiger partial charge in [-0.1, -0.05) is 0 Å².